The van der Waals surface area contributed by atoms with Crippen LogP contribution in [0.25, 0.3) is 6.08 Å². The number of rotatable bonds is 7. The minimum atomic E-state index is 0.281. The Morgan fingerprint density at radius 1 is 0.963 bits per heavy atom. The zero-order chi connectivity index (χ0) is 18.9. The highest BCUT2D eigenvalue weighted by Crippen LogP contribution is 2.13. The third kappa shape index (κ3) is 6.53. The number of hydrogen-bond acceptors (Lipinski definition) is 2. The molecule has 1 amide bonds. The zero-order valence-corrected chi connectivity index (χ0v) is 16.4. The average Bonchev–Trinajstić information content (AvgIpc) is 2.71. The molecule has 0 radical (unpaired) electrons. The average molecular weight is 383 g/mol. The number of aryl methyl sites for hydroxylation is 1. The fraction of sp³-hybridized carbons (Fsp3) is 0.348. The van der Waals surface area contributed by atoms with E-state index in [1.807, 2.05) is 35.2 Å². The second-order valence-corrected chi connectivity index (χ2v) is 7.41. The van der Waals surface area contributed by atoms with Crippen molar-refractivity contribution in [3.05, 3.63) is 76.8 Å². The molecular weight excluding hydrogens is 356 g/mol. The summed E-state index contributed by atoms with van der Waals surface area (Å²) in [5.41, 5.74) is 2.47. The highest BCUT2D eigenvalue weighted by molar-refractivity contribution is 6.30. The molecule has 0 aliphatic carbocycles. The molecule has 1 heterocycles. The fourth-order valence-electron chi connectivity index (χ4n) is 3.33. The van der Waals surface area contributed by atoms with Gasteiger partial charge >= 0.3 is 0 Å². The van der Waals surface area contributed by atoms with E-state index in [1.165, 1.54) is 11.1 Å². The Bertz CT molecular complexity index is 735. The molecule has 2 aromatic carbocycles. The normalized spacial score (nSPS) is 15.4. The van der Waals surface area contributed by atoms with Crippen LogP contribution < -0.4 is 0 Å². The van der Waals surface area contributed by atoms with Crippen molar-refractivity contribution < 1.29 is 4.79 Å². The highest BCUT2D eigenvalue weighted by Gasteiger charge is 2.19. The Labute approximate surface area is 167 Å². The lowest BCUT2D eigenvalue weighted by atomic mass is 10.1. The quantitative estimate of drug-likeness (QED) is 0.702. The van der Waals surface area contributed by atoms with Gasteiger partial charge in [0.1, 0.15) is 0 Å². The molecule has 1 aliphatic heterocycles. The van der Waals surface area contributed by atoms with Crippen LogP contribution >= 0.6 is 11.6 Å². The first-order valence-electron chi connectivity index (χ1n) is 9.67. The smallest absolute Gasteiger partial charge is 0.222 e. The zero-order valence-electron chi connectivity index (χ0n) is 15.7. The van der Waals surface area contributed by atoms with Gasteiger partial charge in [-0.1, -0.05) is 66.2 Å². The third-order valence-electron chi connectivity index (χ3n) is 4.97. The van der Waals surface area contributed by atoms with Gasteiger partial charge < -0.3 is 4.90 Å². The standard InChI is InChI=1S/C23H27ClN2O/c24-22-13-11-21(12-14-22)8-4-10-23(27)26-18-16-25(17-19-26)15-5-9-20-6-2-1-3-7-20/h1-3,5-7,9,11-14H,4,8,10,15-19H2/b9-5+. The maximum absolute atomic E-state index is 12.4. The molecule has 0 atom stereocenters. The monoisotopic (exact) mass is 382 g/mol. The van der Waals surface area contributed by atoms with Crippen LogP contribution in [-0.2, 0) is 11.2 Å². The molecule has 1 fully saturated rings. The van der Waals surface area contributed by atoms with E-state index in [-0.39, 0.29) is 5.91 Å². The Hall–Kier alpha value is -2.10. The predicted octanol–water partition coefficient (Wildman–Crippen LogP) is 4.52. The lowest BCUT2D eigenvalue weighted by molar-refractivity contribution is -0.132. The molecule has 142 valence electrons. The van der Waals surface area contributed by atoms with Gasteiger partial charge in [0.2, 0.25) is 5.91 Å². The summed E-state index contributed by atoms with van der Waals surface area (Å²) in [6, 6.07) is 18.2. The van der Waals surface area contributed by atoms with Crippen molar-refractivity contribution >= 4 is 23.6 Å². The van der Waals surface area contributed by atoms with E-state index in [0.717, 1.165) is 50.6 Å². The molecule has 3 rings (SSSR count). The molecule has 1 saturated heterocycles. The van der Waals surface area contributed by atoms with E-state index in [2.05, 4.69) is 41.3 Å². The fourth-order valence-corrected chi connectivity index (χ4v) is 3.46. The van der Waals surface area contributed by atoms with E-state index in [1.54, 1.807) is 0 Å². The van der Waals surface area contributed by atoms with Gasteiger partial charge in [-0.2, -0.15) is 0 Å². The van der Waals surface area contributed by atoms with Crippen LogP contribution in [0.2, 0.25) is 5.02 Å². The van der Waals surface area contributed by atoms with Gasteiger partial charge in [0.15, 0.2) is 0 Å². The predicted molar refractivity (Wildman–Crippen MR) is 113 cm³/mol. The molecule has 0 unspecified atom stereocenters. The topological polar surface area (TPSA) is 23.6 Å². The van der Waals surface area contributed by atoms with Gasteiger partial charge in [-0.15, -0.1) is 0 Å². The number of benzene rings is 2. The van der Waals surface area contributed by atoms with Crippen LogP contribution in [0.4, 0.5) is 0 Å². The van der Waals surface area contributed by atoms with Crippen molar-refractivity contribution in [1.29, 1.82) is 0 Å². The van der Waals surface area contributed by atoms with Gasteiger partial charge in [0.25, 0.3) is 0 Å². The SMILES string of the molecule is O=C(CCCc1ccc(Cl)cc1)N1CCN(C/C=C/c2ccccc2)CC1. The van der Waals surface area contributed by atoms with Crippen molar-refractivity contribution in [3.63, 3.8) is 0 Å². The molecule has 0 bridgehead atoms. The molecule has 1 aliphatic rings. The van der Waals surface area contributed by atoms with E-state index >= 15 is 0 Å². The second kappa shape index (κ2) is 10.3. The van der Waals surface area contributed by atoms with Crippen molar-refractivity contribution in [2.45, 2.75) is 19.3 Å². The molecule has 3 nitrogen and oxygen atoms in total. The number of carbonyl (C=O) groups is 1. The number of piperazine rings is 1. The van der Waals surface area contributed by atoms with Gasteiger partial charge in [-0.3, -0.25) is 9.69 Å². The summed E-state index contributed by atoms with van der Waals surface area (Å²) in [7, 11) is 0. The Morgan fingerprint density at radius 2 is 1.67 bits per heavy atom. The minimum Gasteiger partial charge on any atom is -0.340 e. The lowest BCUT2D eigenvalue weighted by Crippen LogP contribution is -2.48. The lowest BCUT2D eigenvalue weighted by Gasteiger charge is -2.34. The molecule has 27 heavy (non-hydrogen) atoms. The second-order valence-electron chi connectivity index (χ2n) is 6.97. The first-order chi connectivity index (χ1) is 13.2. The van der Waals surface area contributed by atoms with Crippen molar-refractivity contribution in [1.82, 2.24) is 9.80 Å². The number of nitrogens with zero attached hydrogens (tertiary/aromatic N) is 2. The number of amides is 1. The summed E-state index contributed by atoms with van der Waals surface area (Å²) in [5, 5.41) is 0.756. The molecule has 0 spiro atoms. The van der Waals surface area contributed by atoms with Crippen molar-refractivity contribution in [2.75, 3.05) is 32.7 Å². The maximum atomic E-state index is 12.4. The van der Waals surface area contributed by atoms with Crippen LogP contribution in [0.1, 0.15) is 24.0 Å². The molecule has 0 N–H and O–H groups in total. The van der Waals surface area contributed by atoms with Crippen molar-refractivity contribution in [3.8, 4) is 0 Å². The van der Waals surface area contributed by atoms with E-state index in [4.69, 9.17) is 11.6 Å². The molecule has 0 aromatic heterocycles. The van der Waals surface area contributed by atoms with E-state index in [9.17, 15) is 4.79 Å². The summed E-state index contributed by atoms with van der Waals surface area (Å²) >= 11 is 5.90. The summed E-state index contributed by atoms with van der Waals surface area (Å²) in [6.45, 7) is 4.50. The van der Waals surface area contributed by atoms with E-state index in [0.29, 0.717) is 6.42 Å². The molecule has 4 heteroatoms. The van der Waals surface area contributed by atoms with Crippen LogP contribution in [0, 0.1) is 0 Å². The van der Waals surface area contributed by atoms with Gasteiger partial charge in [0.05, 0.1) is 0 Å². The first-order valence-corrected chi connectivity index (χ1v) is 10.0. The molecule has 2 aromatic rings. The number of halogens is 1. The third-order valence-corrected chi connectivity index (χ3v) is 5.22. The van der Waals surface area contributed by atoms with Crippen molar-refractivity contribution in [2.24, 2.45) is 0 Å². The van der Waals surface area contributed by atoms with E-state index < -0.39 is 0 Å². The maximum Gasteiger partial charge on any atom is 0.222 e. The molecular formula is C23H27ClN2O. The number of carbonyl (C=O) groups excluding carboxylic acids is 1. The van der Waals surface area contributed by atoms with Crippen LogP contribution in [0.3, 0.4) is 0 Å². The summed E-state index contributed by atoms with van der Waals surface area (Å²) in [4.78, 5) is 16.8. The number of hydrogen-bond donors (Lipinski definition) is 0. The van der Waals surface area contributed by atoms with Crippen LogP contribution in [0.5, 0.6) is 0 Å². The van der Waals surface area contributed by atoms with Gasteiger partial charge in [-0.25, -0.2) is 0 Å². The Morgan fingerprint density at radius 3 is 2.37 bits per heavy atom. The minimum absolute atomic E-state index is 0.281. The summed E-state index contributed by atoms with van der Waals surface area (Å²) < 4.78 is 0. The van der Waals surface area contributed by atoms with Crippen LogP contribution in [-0.4, -0.2) is 48.4 Å². The first kappa shape index (κ1) is 19.7. The summed E-state index contributed by atoms with van der Waals surface area (Å²) in [6.07, 6.45) is 6.80. The largest absolute Gasteiger partial charge is 0.340 e. The van der Waals surface area contributed by atoms with Gasteiger partial charge in [-0.05, 0) is 36.1 Å². The van der Waals surface area contributed by atoms with Crippen LogP contribution in [0.15, 0.2) is 60.7 Å². The Kier molecular flexibility index (Phi) is 7.49. The van der Waals surface area contributed by atoms with Gasteiger partial charge in [0, 0.05) is 44.2 Å². The highest BCUT2D eigenvalue weighted by atomic mass is 35.5. The Balaban J connectivity index is 1.34. The molecule has 0 saturated carbocycles. The summed E-state index contributed by atoms with van der Waals surface area (Å²) in [5.74, 6) is 0.281.